The number of carboxylic acid groups (broad SMARTS) is 1. The average molecular weight is 363 g/mol. The van der Waals surface area contributed by atoms with Crippen LogP contribution in [0.3, 0.4) is 0 Å². The Morgan fingerprint density at radius 1 is 1.27 bits per heavy atom. The summed E-state index contributed by atoms with van der Waals surface area (Å²) >= 11 is 0. The molecule has 0 spiro atoms. The number of carbonyl (C=O) groups excluding carboxylic acids is 1. The number of halogens is 2. The van der Waals surface area contributed by atoms with E-state index in [1.807, 2.05) is 24.3 Å². The molecule has 0 aliphatic carbocycles. The number of hydrogen-bond donors (Lipinski definition) is 1. The van der Waals surface area contributed by atoms with Gasteiger partial charge in [0.05, 0.1) is 12.1 Å². The maximum absolute atomic E-state index is 13.0. The highest BCUT2D eigenvalue weighted by Gasteiger charge is 2.35. The van der Waals surface area contributed by atoms with E-state index in [0.29, 0.717) is 15.9 Å². The molecule has 0 saturated carbocycles. The summed E-state index contributed by atoms with van der Waals surface area (Å²) in [5.74, 6) is -1.49. The van der Waals surface area contributed by atoms with Crippen LogP contribution in [0.25, 0.3) is 0 Å². The molecule has 1 aliphatic heterocycles. The second-order valence-electron chi connectivity index (χ2n) is 6.40. The molecule has 0 bridgehead atoms. The first-order chi connectivity index (χ1) is 12.3. The molecule has 0 fully saturated rings. The minimum absolute atomic E-state index is 0.156. The van der Waals surface area contributed by atoms with Gasteiger partial charge in [0.15, 0.2) is 0 Å². The lowest BCUT2D eigenvalue weighted by atomic mass is 9.93. The molecular formula is C18H19F2N3O3. The van der Waals surface area contributed by atoms with E-state index in [4.69, 9.17) is 0 Å². The van der Waals surface area contributed by atoms with Gasteiger partial charge in [-0.2, -0.15) is 13.9 Å². The van der Waals surface area contributed by atoms with Crippen molar-refractivity contribution in [2.75, 3.05) is 0 Å². The largest absolute Gasteiger partial charge is 0.480 e. The van der Waals surface area contributed by atoms with Crippen LogP contribution in [-0.2, 0) is 29.0 Å². The van der Waals surface area contributed by atoms with Gasteiger partial charge >= 0.3 is 12.5 Å². The van der Waals surface area contributed by atoms with Crippen molar-refractivity contribution in [2.45, 2.75) is 45.8 Å². The lowest BCUT2D eigenvalue weighted by Crippen LogP contribution is -2.49. The van der Waals surface area contributed by atoms with Crippen molar-refractivity contribution in [1.29, 1.82) is 0 Å². The maximum atomic E-state index is 13.0. The minimum atomic E-state index is -2.79. The van der Waals surface area contributed by atoms with Crippen molar-refractivity contribution < 1.29 is 23.5 Å². The highest BCUT2D eigenvalue weighted by molar-refractivity contribution is 5.86. The van der Waals surface area contributed by atoms with E-state index in [0.717, 1.165) is 11.1 Å². The Labute approximate surface area is 149 Å². The highest BCUT2D eigenvalue weighted by Crippen LogP contribution is 2.26. The number of amides is 1. The zero-order valence-corrected chi connectivity index (χ0v) is 14.4. The third-order valence-electron chi connectivity index (χ3n) is 4.84. The number of fused-ring (bicyclic) bond motifs is 1. The van der Waals surface area contributed by atoms with Gasteiger partial charge in [-0.25, -0.2) is 9.48 Å². The molecular weight excluding hydrogens is 344 g/mol. The van der Waals surface area contributed by atoms with E-state index in [2.05, 4.69) is 5.10 Å². The normalized spacial score (nSPS) is 16.7. The highest BCUT2D eigenvalue weighted by atomic mass is 19.3. The fraction of sp³-hybridized carbons (Fsp3) is 0.389. The Kier molecular flexibility index (Phi) is 4.76. The molecule has 1 N–H and O–H groups in total. The Balaban J connectivity index is 1.88. The Morgan fingerprint density at radius 2 is 1.92 bits per heavy atom. The molecule has 2 heterocycles. The van der Waals surface area contributed by atoms with Gasteiger partial charge in [0.2, 0.25) is 5.91 Å². The van der Waals surface area contributed by atoms with Crippen molar-refractivity contribution in [3.8, 4) is 0 Å². The predicted molar refractivity (Wildman–Crippen MR) is 88.8 cm³/mol. The summed E-state index contributed by atoms with van der Waals surface area (Å²) in [6, 6.07) is 6.42. The molecule has 6 nitrogen and oxygen atoms in total. The fourth-order valence-corrected chi connectivity index (χ4v) is 3.40. The fourth-order valence-electron chi connectivity index (χ4n) is 3.40. The van der Waals surface area contributed by atoms with Gasteiger partial charge in [-0.15, -0.1) is 0 Å². The van der Waals surface area contributed by atoms with E-state index in [1.54, 1.807) is 6.92 Å². The summed E-state index contributed by atoms with van der Waals surface area (Å²) in [5.41, 5.74) is 2.78. The number of aromatic nitrogens is 2. The van der Waals surface area contributed by atoms with Gasteiger partial charge < -0.3 is 10.0 Å². The van der Waals surface area contributed by atoms with Crippen molar-refractivity contribution in [2.24, 2.45) is 0 Å². The Hall–Kier alpha value is -2.77. The molecule has 1 aromatic heterocycles. The topological polar surface area (TPSA) is 75.4 Å². The van der Waals surface area contributed by atoms with Crippen LogP contribution < -0.4 is 0 Å². The average Bonchev–Trinajstić information content (AvgIpc) is 2.88. The molecule has 1 aliphatic rings. The van der Waals surface area contributed by atoms with Gasteiger partial charge in [-0.1, -0.05) is 24.3 Å². The summed E-state index contributed by atoms with van der Waals surface area (Å²) in [6.07, 6.45) is 0.0713. The summed E-state index contributed by atoms with van der Waals surface area (Å²) in [4.78, 5) is 25.8. The van der Waals surface area contributed by atoms with E-state index < -0.39 is 24.5 Å². The summed E-state index contributed by atoms with van der Waals surface area (Å²) in [7, 11) is 0. The van der Waals surface area contributed by atoms with Crippen LogP contribution >= 0.6 is 0 Å². The monoisotopic (exact) mass is 363 g/mol. The third kappa shape index (κ3) is 3.18. The predicted octanol–water partition coefficient (Wildman–Crippen LogP) is 2.48. The minimum Gasteiger partial charge on any atom is -0.480 e. The van der Waals surface area contributed by atoms with Gasteiger partial charge in [-0.05, 0) is 25.0 Å². The van der Waals surface area contributed by atoms with Crippen molar-refractivity contribution in [1.82, 2.24) is 14.7 Å². The van der Waals surface area contributed by atoms with Crippen LogP contribution in [0.2, 0.25) is 0 Å². The zero-order valence-electron chi connectivity index (χ0n) is 14.4. The van der Waals surface area contributed by atoms with Crippen molar-refractivity contribution in [3.63, 3.8) is 0 Å². The third-order valence-corrected chi connectivity index (χ3v) is 4.84. The Bertz CT molecular complexity index is 863. The molecule has 0 radical (unpaired) electrons. The summed E-state index contributed by atoms with van der Waals surface area (Å²) < 4.78 is 26.5. The standard InChI is InChI=1S/C18H19F2N3O3/c1-10-14(11(2)23(21-10)18(19)20)8-16(24)22-9-13-6-4-3-5-12(13)7-15(22)17(25)26/h3-6,15,18H,7-9H2,1-2H3,(H,25,26). The van der Waals surface area contributed by atoms with Crippen LogP contribution in [0.1, 0.15) is 34.6 Å². The lowest BCUT2D eigenvalue weighted by Gasteiger charge is -2.34. The molecule has 1 unspecified atom stereocenters. The SMILES string of the molecule is Cc1nn(C(F)F)c(C)c1CC(=O)N1Cc2ccccc2CC1C(=O)O. The van der Waals surface area contributed by atoms with Gasteiger partial charge in [-0.3, -0.25) is 4.79 Å². The Morgan fingerprint density at radius 3 is 2.50 bits per heavy atom. The van der Waals surface area contributed by atoms with Crippen molar-refractivity contribution >= 4 is 11.9 Å². The quantitative estimate of drug-likeness (QED) is 0.906. The molecule has 1 amide bonds. The number of hydrogen-bond acceptors (Lipinski definition) is 3. The number of carboxylic acids is 1. The summed E-state index contributed by atoms with van der Waals surface area (Å²) in [6.45, 7) is 0.447. The second-order valence-corrected chi connectivity index (χ2v) is 6.40. The lowest BCUT2D eigenvalue weighted by molar-refractivity contribution is -0.151. The van der Waals surface area contributed by atoms with E-state index in [1.165, 1.54) is 11.8 Å². The van der Waals surface area contributed by atoms with E-state index in [-0.39, 0.29) is 25.1 Å². The number of benzene rings is 1. The molecule has 2 aromatic rings. The molecule has 138 valence electrons. The van der Waals surface area contributed by atoms with Crippen LogP contribution in [-0.4, -0.2) is 37.7 Å². The van der Waals surface area contributed by atoms with Crippen LogP contribution in [0, 0.1) is 13.8 Å². The number of carbonyl (C=O) groups is 2. The van der Waals surface area contributed by atoms with Gasteiger partial charge in [0.25, 0.3) is 0 Å². The van der Waals surface area contributed by atoms with E-state index in [9.17, 15) is 23.5 Å². The smallest absolute Gasteiger partial charge is 0.333 e. The van der Waals surface area contributed by atoms with Crippen LogP contribution in [0.4, 0.5) is 8.78 Å². The van der Waals surface area contributed by atoms with E-state index >= 15 is 0 Å². The molecule has 1 aromatic carbocycles. The van der Waals surface area contributed by atoms with Crippen LogP contribution in [0.5, 0.6) is 0 Å². The molecule has 26 heavy (non-hydrogen) atoms. The van der Waals surface area contributed by atoms with Crippen LogP contribution in [0.15, 0.2) is 24.3 Å². The number of alkyl halides is 2. The zero-order chi connectivity index (χ0) is 19.0. The first-order valence-electron chi connectivity index (χ1n) is 8.21. The molecule has 8 heteroatoms. The van der Waals surface area contributed by atoms with Crippen molar-refractivity contribution in [3.05, 3.63) is 52.3 Å². The number of aliphatic carboxylic acids is 1. The molecule has 0 saturated heterocycles. The first kappa shape index (κ1) is 18.0. The maximum Gasteiger partial charge on any atom is 0.333 e. The number of rotatable bonds is 4. The first-order valence-corrected chi connectivity index (χ1v) is 8.21. The van der Waals surface area contributed by atoms with Gasteiger partial charge in [0, 0.05) is 24.2 Å². The number of aryl methyl sites for hydroxylation is 1. The number of nitrogens with zero attached hydrogens (tertiary/aromatic N) is 3. The van der Waals surface area contributed by atoms with Gasteiger partial charge in [0.1, 0.15) is 6.04 Å². The molecule has 3 rings (SSSR count). The summed E-state index contributed by atoms with van der Waals surface area (Å²) in [5, 5.41) is 13.3. The molecule has 1 atom stereocenters. The second kappa shape index (κ2) is 6.86.